The number of nitrogens with one attached hydrogen (secondary N) is 1. The third kappa shape index (κ3) is 5.30. The SMILES string of the molecule is CN(C)CCNC(=O)N1CCCC(S(=O)(=O)c2ccc(Cl)cc2[N+](=O)[O-])C1. The number of likely N-dealkylation sites (N-methyl/N-ethyl adjacent to an activating group) is 1. The van der Waals surface area contributed by atoms with Gasteiger partial charge in [-0.3, -0.25) is 10.1 Å². The van der Waals surface area contributed by atoms with Crippen molar-refractivity contribution in [2.45, 2.75) is 23.0 Å². The summed E-state index contributed by atoms with van der Waals surface area (Å²) in [6.07, 6.45) is 0.843. The smallest absolute Gasteiger partial charge is 0.317 e. The van der Waals surface area contributed by atoms with Crippen LogP contribution in [0.25, 0.3) is 0 Å². The lowest BCUT2D eigenvalue weighted by Crippen LogP contribution is -2.50. The van der Waals surface area contributed by atoms with Gasteiger partial charge in [-0.1, -0.05) is 11.6 Å². The fourth-order valence-corrected chi connectivity index (χ4v) is 4.99. The van der Waals surface area contributed by atoms with Gasteiger partial charge in [0, 0.05) is 37.3 Å². The predicted molar refractivity (Wildman–Crippen MR) is 102 cm³/mol. The molecule has 0 bridgehead atoms. The quantitative estimate of drug-likeness (QED) is 0.556. The second-order valence-corrected chi connectivity index (χ2v) is 9.29. The molecule has 1 aromatic carbocycles. The lowest BCUT2D eigenvalue weighted by Gasteiger charge is -2.32. The topological polar surface area (TPSA) is 113 Å². The van der Waals surface area contributed by atoms with Crippen molar-refractivity contribution in [1.29, 1.82) is 0 Å². The normalized spacial score (nSPS) is 17.8. The predicted octanol–water partition coefficient (Wildman–Crippen LogP) is 1.76. The molecule has 1 aliphatic rings. The number of amides is 2. The van der Waals surface area contributed by atoms with Crippen molar-refractivity contribution < 1.29 is 18.1 Å². The van der Waals surface area contributed by atoms with Crippen LogP contribution in [0.5, 0.6) is 0 Å². The molecule has 0 saturated carbocycles. The number of halogens is 1. The largest absolute Gasteiger partial charge is 0.337 e. The Labute approximate surface area is 163 Å². The van der Waals surface area contributed by atoms with Crippen molar-refractivity contribution in [3.63, 3.8) is 0 Å². The molecule has 0 spiro atoms. The van der Waals surface area contributed by atoms with Crippen LogP contribution in [0, 0.1) is 10.1 Å². The van der Waals surface area contributed by atoms with Gasteiger partial charge in [-0.25, -0.2) is 13.2 Å². The van der Waals surface area contributed by atoms with E-state index in [1.807, 2.05) is 19.0 Å². The summed E-state index contributed by atoms with van der Waals surface area (Å²) < 4.78 is 26.0. The van der Waals surface area contributed by atoms with Gasteiger partial charge in [0.1, 0.15) is 4.90 Å². The molecular weight excluding hydrogens is 396 g/mol. The molecule has 0 aliphatic carbocycles. The Hall–Kier alpha value is -1.91. The number of nitro benzene ring substituents is 1. The molecule has 1 atom stereocenters. The van der Waals surface area contributed by atoms with Crippen LogP contribution in [0.2, 0.25) is 5.02 Å². The highest BCUT2D eigenvalue weighted by Gasteiger charge is 2.37. The highest BCUT2D eigenvalue weighted by molar-refractivity contribution is 7.92. The number of hydrogen-bond donors (Lipinski definition) is 1. The van der Waals surface area contributed by atoms with Crippen LogP contribution in [-0.2, 0) is 9.84 Å². The van der Waals surface area contributed by atoms with Crippen molar-refractivity contribution in [3.05, 3.63) is 33.3 Å². The molecule has 0 aromatic heterocycles. The molecule has 1 heterocycles. The number of carbonyl (C=O) groups excluding carboxylic acids is 1. The zero-order chi connectivity index (χ0) is 20.2. The highest BCUT2D eigenvalue weighted by atomic mass is 35.5. The van der Waals surface area contributed by atoms with Crippen LogP contribution in [-0.4, -0.2) is 74.7 Å². The Morgan fingerprint density at radius 1 is 1.44 bits per heavy atom. The fourth-order valence-electron chi connectivity index (χ4n) is 2.93. The number of rotatable bonds is 6. The van der Waals surface area contributed by atoms with Crippen molar-refractivity contribution in [1.82, 2.24) is 15.1 Å². The van der Waals surface area contributed by atoms with E-state index in [4.69, 9.17) is 11.6 Å². The summed E-state index contributed by atoms with van der Waals surface area (Å²) in [7, 11) is -0.218. The van der Waals surface area contributed by atoms with E-state index in [-0.39, 0.29) is 22.5 Å². The van der Waals surface area contributed by atoms with Crippen LogP contribution < -0.4 is 5.32 Å². The lowest BCUT2D eigenvalue weighted by molar-refractivity contribution is -0.387. The maximum atomic E-state index is 13.0. The molecule has 150 valence electrons. The number of carbonyl (C=O) groups is 1. The fraction of sp³-hybridized carbons (Fsp3) is 0.562. The van der Waals surface area contributed by atoms with Gasteiger partial charge in [-0.05, 0) is 39.1 Å². The van der Waals surface area contributed by atoms with Crippen molar-refractivity contribution >= 4 is 33.2 Å². The van der Waals surface area contributed by atoms with Gasteiger partial charge in [-0.15, -0.1) is 0 Å². The number of likely N-dealkylation sites (tertiary alicyclic amines) is 1. The minimum absolute atomic E-state index is 0.00406. The van der Waals surface area contributed by atoms with Gasteiger partial charge in [0.15, 0.2) is 9.84 Å². The van der Waals surface area contributed by atoms with Gasteiger partial charge < -0.3 is 15.1 Å². The first-order chi connectivity index (χ1) is 12.6. The van der Waals surface area contributed by atoms with E-state index in [1.165, 1.54) is 11.0 Å². The third-order valence-electron chi connectivity index (χ3n) is 4.36. The van der Waals surface area contributed by atoms with Gasteiger partial charge in [0.05, 0.1) is 10.2 Å². The standard InChI is InChI=1S/C16H23ClN4O5S/c1-19(2)9-7-18-16(22)20-8-3-4-13(11-20)27(25,26)15-6-5-12(17)10-14(15)21(23)24/h5-6,10,13H,3-4,7-9,11H2,1-2H3,(H,18,22). The first kappa shape index (κ1) is 21.4. The Kier molecular flexibility index (Phi) is 7.01. The molecule has 1 saturated heterocycles. The van der Waals surface area contributed by atoms with E-state index in [1.54, 1.807) is 0 Å². The first-order valence-corrected chi connectivity index (χ1v) is 10.4. The molecule has 1 N–H and O–H groups in total. The molecule has 2 amide bonds. The molecule has 2 rings (SSSR count). The second kappa shape index (κ2) is 8.85. The Morgan fingerprint density at radius 2 is 2.15 bits per heavy atom. The number of benzene rings is 1. The Bertz CT molecular complexity index is 815. The van der Waals surface area contributed by atoms with Crippen LogP contribution in [0.15, 0.2) is 23.1 Å². The maximum absolute atomic E-state index is 13.0. The van der Waals surface area contributed by atoms with Crippen LogP contribution in [0.1, 0.15) is 12.8 Å². The van der Waals surface area contributed by atoms with Crippen LogP contribution in [0.4, 0.5) is 10.5 Å². The average molecular weight is 419 g/mol. The number of hydrogen-bond acceptors (Lipinski definition) is 6. The van der Waals surface area contributed by atoms with E-state index in [9.17, 15) is 23.3 Å². The molecule has 1 unspecified atom stereocenters. The van der Waals surface area contributed by atoms with Crippen molar-refractivity contribution in [2.75, 3.05) is 40.3 Å². The molecule has 27 heavy (non-hydrogen) atoms. The molecule has 1 fully saturated rings. The highest BCUT2D eigenvalue weighted by Crippen LogP contribution is 2.32. The minimum Gasteiger partial charge on any atom is -0.337 e. The van der Waals surface area contributed by atoms with Gasteiger partial charge in [0.25, 0.3) is 5.69 Å². The van der Waals surface area contributed by atoms with E-state index in [2.05, 4.69) is 5.32 Å². The number of nitrogens with zero attached hydrogens (tertiary/aromatic N) is 3. The van der Waals surface area contributed by atoms with Gasteiger partial charge in [-0.2, -0.15) is 0 Å². The van der Waals surface area contributed by atoms with E-state index in [0.29, 0.717) is 32.5 Å². The molecule has 11 heteroatoms. The molecule has 9 nitrogen and oxygen atoms in total. The number of urea groups is 1. The Balaban J connectivity index is 2.17. The maximum Gasteiger partial charge on any atom is 0.317 e. The zero-order valence-corrected chi connectivity index (χ0v) is 16.8. The summed E-state index contributed by atoms with van der Waals surface area (Å²) in [5, 5.41) is 13.2. The zero-order valence-electron chi connectivity index (χ0n) is 15.2. The molecule has 0 radical (unpaired) electrons. The summed E-state index contributed by atoms with van der Waals surface area (Å²) >= 11 is 5.77. The first-order valence-electron chi connectivity index (χ1n) is 8.48. The van der Waals surface area contributed by atoms with Gasteiger partial charge in [0.2, 0.25) is 0 Å². The summed E-state index contributed by atoms with van der Waals surface area (Å²) in [4.78, 5) is 25.8. The minimum atomic E-state index is -3.99. The van der Waals surface area contributed by atoms with Crippen LogP contribution in [0.3, 0.4) is 0 Å². The summed E-state index contributed by atoms with van der Waals surface area (Å²) in [6.45, 7) is 1.55. The third-order valence-corrected chi connectivity index (χ3v) is 6.82. The molecular formula is C16H23ClN4O5S. The van der Waals surface area contributed by atoms with E-state index >= 15 is 0 Å². The van der Waals surface area contributed by atoms with Crippen LogP contribution >= 0.6 is 11.6 Å². The number of piperidine rings is 1. The summed E-state index contributed by atoms with van der Waals surface area (Å²) in [5.74, 6) is 0. The van der Waals surface area contributed by atoms with Crippen molar-refractivity contribution in [3.8, 4) is 0 Å². The van der Waals surface area contributed by atoms with E-state index in [0.717, 1.165) is 12.1 Å². The molecule has 1 aliphatic heterocycles. The van der Waals surface area contributed by atoms with Gasteiger partial charge >= 0.3 is 6.03 Å². The van der Waals surface area contributed by atoms with Crippen molar-refractivity contribution in [2.24, 2.45) is 0 Å². The summed E-state index contributed by atoms with van der Waals surface area (Å²) in [6, 6.07) is 3.17. The Morgan fingerprint density at radius 3 is 2.78 bits per heavy atom. The van der Waals surface area contributed by atoms with E-state index < -0.39 is 25.7 Å². The number of nitro groups is 1. The lowest BCUT2D eigenvalue weighted by atomic mass is 10.1. The summed E-state index contributed by atoms with van der Waals surface area (Å²) in [5.41, 5.74) is -0.546. The number of sulfone groups is 1. The molecule has 1 aromatic rings. The average Bonchev–Trinajstić information content (AvgIpc) is 2.61. The second-order valence-electron chi connectivity index (χ2n) is 6.66. The monoisotopic (exact) mass is 418 g/mol.